The molecule has 1 N–H and O–H groups in total. The first-order valence-corrected chi connectivity index (χ1v) is 10.6. The average molecular weight is 470 g/mol. The van der Waals surface area contributed by atoms with Gasteiger partial charge in [-0.2, -0.15) is 0 Å². The molecule has 33 heavy (non-hydrogen) atoms. The Bertz CT molecular complexity index is 1120. The molecule has 172 valence electrons. The van der Waals surface area contributed by atoms with Gasteiger partial charge in [0.25, 0.3) is 5.91 Å². The van der Waals surface area contributed by atoms with Crippen molar-refractivity contribution in [3.8, 4) is 17.2 Å². The van der Waals surface area contributed by atoms with Crippen LogP contribution in [-0.4, -0.2) is 32.7 Å². The van der Waals surface area contributed by atoms with Crippen molar-refractivity contribution in [2.45, 2.75) is 13.0 Å². The molecule has 3 rings (SSSR count). The lowest BCUT2D eigenvalue weighted by molar-refractivity contribution is -0.125. The molecule has 3 aromatic rings. The number of nitrogens with one attached hydrogen (secondary N) is 1. The number of ether oxygens (including phenoxy) is 4. The first-order valence-electron chi connectivity index (χ1n) is 10.2. The zero-order chi connectivity index (χ0) is 23.8. The van der Waals surface area contributed by atoms with Gasteiger partial charge in [0.2, 0.25) is 6.10 Å². The van der Waals surface area contributed by atoms with E-state index in [0.717, 1.165) is 0 Å². The molecule has 0 bridgehead atoms. The number of hydrogen-bond donors (Lipinski definition) is 1. The van der Waals surface area contributed by atoms with Crippen molar-refractivity contribution in [3.05, 3.63) is 82.9 Å². The summed E-state index contributed by atoms with van der Waals surface area (Å²) in [7, 11) is 2.87. The molecule has 0 heterocycles. The van der Waals surface area contributed by atoms with Crippen molar-refractivity contribution in [3.63, 3.8) is 0 Å². The number of rotatable bonds is 9. The number of benzene rings is 3. The average Bonchev–Trinajstić information content (AvgIpc) is 2.83. The Morgan fingerprint density at radius 1 is 0.939 bits per heavy atom. The van der Waals surface area contributed by atoms with Crippen molar-refractivity contribution >= 4 is 29.2 Å². The second-order valence-corrected chi connectivity index (χ2v) is 7.22. The van der Waals surface area contributed by atoms with Gasteiger partial charge in [-0.05, 0) is 31.2 Å². The van der Waals surface area contributed by atoms with Crippen molar-refractivity contribution in [2.24, 2.45) is 0 Å². The number of esters is 1. The summed E-state index contributed by atoms with van der Waals surface area (Å²) in [6, 6.07) is 18.6. The van der Waals surface area contributed by atoms with Crippen LogP contribution < -0.4 is 19.5 Å². The quantitative estimate of drug-likeness (QED) is 0.428. The van der Waals surface area contributed by atoms with E-state index in [9.17, 15) is 9.59 Å². The van der Waals surface area contributed by atoms with Crippen molar-refractivity contribution < 1.29 is 28.5 Å². The Morgan fingerprint density at radius 3 is 2.30 bits per heavy atom. The van der Waals surface area contributed by atoms with Gasteiger partial charge in [0.1, 0.15) is 5.75 Å². The molecule has 0 spiro atoms. The fourth-order valence-corrected chi connectivity index (χ4v) is 3.45. The Balaban J connectivity index is 1.90. The zero-order valence-corrected chi connectivity index (χ0v) is 19.2. The third kappa shape index (κ3) is 5.75. The van der Waals surface area contributed by atoms with Crippen molar-refractivity contribution in [1.82, 2.24) is 0 Å². The van der Waals surface area contributed by atoms with Gasteiger partial charge >= 0.3 is 5.97 Å². The topological polar surface area (TPSA) is 83.1 Å². The minimum Gasteiger partial charge on any atom is -0.493 e. The maximum Gasteiger partial charge on any atom is 0.339 e. The highest BCUT2D eigenvalue weighted by atomic mass is 35.5. The molecule has 0 aliphatic heterocycles. The molecule has 0 saturated heterocycles. The molecule has 7 nitrogen and oxygen atoms in total. The highest BCUT2D eigenvalue weighted by molar-refractivity contribution is 6.32. The molecule has 1 unspecified atom stereocenters. The number of carbonyl (C=O) groups is 2. The van der Waals surface area contributed by atoms with Crippen LogP contribution in [0.3, 0.4) is 0 Å². The number of methoxy groups -OCH3 is 2. The molecule has 0 aliphatic rings. The summed E-state index contributed by atoms with van der Waals surface area (Å²) >= 11 is 6.22. The van der Waals surface area contributed by atoms with Gasteiger partial charge in [-0.25, -0.2) is 4.79 Å². The molecule has 1 atom stereocenters. The van der Waals surface area contributed by atoms with Crippen LogP contribution in [0.5, 0.6) is 17.2 Å². The van der Waals surface area contributed by atoms with Crippen LogP contribution in [0.15, 0.2) is 66.7 Å². The van der Waals surface area contributed by atoms with Gasteiger partial charge in [0.05, 0.1) is 37.1 Å². The van der Waals surface area contributed by atoms with Gasteiger partial charge in [-0.15, -0.1) is 0 Å². The lowest BCUT2D eigenvalue weighted by Gasteiger charge is -2.20. The van der Waals surface area contributed by atoms with E-state index in [0.29, 0.717) is 29.4 Å². The number of hydrogen-bond acceptors (Lipinski definition) is 6. The first kappa shape index (κ1) is 23.9. The standard InChI is InChI=1S/C25H24ClNO6/c1-4-32-20-13-9-8-12-19(20)27-24(28)22(16-10-6-5-7-11-16)33-25(29)17-14-18(26)23(31-3)21(15-17)30-2/h5-15,22H,4H2,1-3H3,(H,27,28). The molecule has 0 fully saturated rings. The predicted octanol–water partition coefficient (Wildman–Crippen LogP) is 5.29. The monoisotopic (exact) mass is 469 g/mol. The summed E-state index contributed by atoms with van der Waals surface area (Å²) in [6.45, 7) is 2.28. The maximum atomic E-state index is 13.2. The highest BCUT2D eigenvalue weighted by Gasteiger charge is 2.27. The van der Waals surface area contributed by atoms with E-state index >= 15 is 0 Å². The number of carbonyl (C=O) groups excluding carboxylic acids is 2. The number of para-hydroxylation sites is 2. The maximum absolute atomic E-state index is 13.2. The Kier molecular flexibility index (Phi) is 8.16. The molecule has 1 amide bonds. The third-order valence-corrected chi connectivity index (χ3v) is 4.96. The van der Waals surface area contributed by atoms with Gasteiger partial charge in [-0.1, -0.05) is 54.1 Å². The summed E-state index contributed by atoms with van der Waals surface area (Å²) in [4.78, 5) is 26.2. The van der Waals surface area contributed by atoms with Crippen LogP contribution >= 0.6 is 11.6 Å². The van der Waals surface area contributed by atoms with E-state index in [1.54, 1.807) is 54.6 Å². The van der Waals surface area contributed by atoms with Gasteiger partial charge in [0.15, 0.2) is 11.5 Å². The number of amides is 1. The fraction of sp³-hybridized carbons (Fsp3) is 0.200. The molecule has 8 heteroatoms. The molecule has 3 aromatic carbocycles. The minimum atomic E-state index is -1.22. The van der Waals surface area contributed by atoms with E-state index in [1.165, 1.54) is 26.4 Å². The number of anilines is 1. The Morgan fingerprint density at radius 2 is 1.64 bits per heavy atom. The highest BCUT2D eigenvalue weighted by Crippen LogP contribution is 2.36. The molecule has 0 saturated carbocycles. The molecular weight excluding hydrogens is 446 g/mol. The fourth-order valence-electron chi connectivity index (χ4n) is 3.16. The molecule has 0 aliphatic carbocycles. The van der Waals surface area contributed by atoms with E-state index in [1.807, 2.05) is 6.92 Å². The molecule has 0 aromatic heterocycles. The van der Waals surface area contributed by atoms with Crippen LogP contribution in [-0.2, 0) is 9.53 Å². The van der Waals surface area contributed by atoms with Crippen LogP contribution in [0.1, 0.15) is 28.9 Å². The lowest BCUT2D eigenvalue weighted by atomic mass is 10.1. The number of halogens is 1. The van der Waals surface area contributed by atoms with E-state index < -0.39 is 18.0 Å². The summed E-state index contributed by atoms with van der Waals surface area (Å²) in [6.07, 6.45) is -1.22. The van der Waals surface area contributed by atoms with E-state index in [2.05, 4.69) is 5.32 Å². The van der Waals surface area contributed by atoms with Gasteiger partial charge in [-0.3, -0.25) is 4.79 Å². The summed E-state index contributed by atoms with van der Waals surface area (Å²) < 4.78 is 21.7. The van der Waals surface area contributed by atoms with Crippen LogP contribution in [0.4, 0.5) is 5.69 Å². The first-order chi connectivity index (χ1) is 16.0. The minimum absolute atomic E-state index is 0.112. The third-order valence-electron chi connectivity index (χ3n) is 4.68. The molecule has 0 radical (unpaired) electrons. The van der Waals surface area contributed by atoms with Crippen molar-refractivity contribution in [1.29, 1.82) is 0 Å². The second kappa shape index (κ2) is 11.2. The normalized spacial score (nSPS) is 11.3. The van der Waals surface area contributed by atoms with Crippen LogP contribution in [0.25, 0.3) is 0 Å². The zero-order valence-electron chi connectivity index (χ0n) is 18.5. The Labute approximate surface area is 197 Å². The summed E-state index contributed by atoms with van der Waals surface area (Å²) in [5.41, 5.74) is 1.08. The smallest absolute Gasteiger partial charge is 0.339 e. The lowest BCUT2D eigenvalue weighted by Crippen LogP contribution is -2.26. The van der Waals surface area contributed by atoms with Gasteiger partial charge < -0.3 is 24.3 Å². The molecular formula is C25H24ClNO6. The van der Waals surface area contributed by atoms with Gasteiger partial charge in [0, 0.05) is 5.56 Å². The van der Waals surface area contributed by atoms with E-state index in [-0.39, 0.29) is 16.3 Å². The largest absolute Gasteiger partial charge is 0.493 e. The Hall–Kier alpha value is -3.71. The van der Waals surface area contributed by atoms with Crippen LogP contribution in [0.2, 0.25) is 5.02 Å². The summed E-state index contributed by atoms with van der Waals surface area (Å²) in [5, 5.41) is 2.97. The summed E-state index contributed by atoms with van der Waals surface area (Å²) in [5.74, 6) is -0.213. The second-order valence-electron chi connectivity index (χ2n) is 6.81. The van der Waals surface area contributed by atoms with Crippen molar-refractivity contribution in [2.75, 3.05) is 26.1 Å². The van der Waals surface area contributed by atoms with E-state index in [4.69, 9.17) is 30.5 Å². The van der Waals surface area contributed by atoms with Crippen LogP contribution in [0, 0.1) is 0 Å². The predicted molar refractivity (Wildman–Crippen MR) is 125 cm³/mol. The SMILES string of the molecule is CCOc1ccccc1NC(=O)C(OC(=O)c1cc(Cl)c(OC)c(OC)c1)c1ccccc1.